The van der Waals surface area contributed by atoms with E-state index in [9.17, 15) is 4.39 Å². The van der Waals surface area contributed by atoms with Gasteiger partial charge in [-0.1, -0.05) is 5.21 Å². The molecule has 0 amide bonds. The number of piperidine rings is 1. The molecule has 0 spiro atoms. The van der Waals surface area contributed by atoms with Gasteiger partial charge >= 0.3 is 0 Å². The summed E-state index contributed by atoms with van der Waals surface area (Å²) in [5.74, 6) is 1.32. The van der Waals surface area contributed by atoms with Gasteiger partial charge in [0.2, 0.25) is 5.95 Å². The number of hydrogen-bond acceptors (Lipinski definition) is 9. The molecule has 7 rings (SSSR count). The molecule has 1 aliphatic heterocycles. The quantitative estimate of drug-likeness (QED) is 0.284. The van der Waals surface area contributed by atoms with Crippen LogP contribution in [0.1, 0.15) is 32.7 Å². The van der Waals surface area contributed by atoms with Gasteiger partial charge in [0.15, 0.2) is 5.65 Å². The van der Waals surface area contributed by atoms with Gasteiger partial charge in [0.25, 0.3) is 0 Å². The van der Waals surface area contributed by atoms with Crippen LogP contribution in [0.15, 0.2) is 24.4 Å². The lowest BCUT2D eigenvalue weighted by molar-refractivity contribution is 0.471. The number of anilines is 4. The van der Waals surface area contributed by atoms with Gasteiger partial charge in [0, 0.05) is 31.1 Å². The first-order valence-electron chi connectivity index (χ1n) is 12.6. The average molecular weight is 502 g/mol. The van der Waals surface area contributed by atoms with Gasteiger partial charge < -0.3 is 26.3 Å². The molecule has 2 fully saturated rings. The second-order valence-corrected chi connectivity index (χ2v) is 10.4. The molecular weight excluding hydrogens is 473 g/mol. The Morgan fingerprint density at radius 3 is 2.78 bits per heavy atom. The van der Waals surface area contributed by atoms with Gasteiger partial charge in [-0.05, 0) is 50.8 Å². The minimum absolute atomic E-state index is 0.155. The van der Waals surface area contributed by atoms with Crippen LogP contribution in [0.5, 0.6) is 0 Å². The molecular formula is C25H28FN11. The van der Waals surface area contributed by atoms with Crippen molar-refractivity contribution in [3.63, 3.8) is 0 Å². The Morgan fingerprint density at radius 1 is 1.19 bits per heavy atom. The summed E-state index contributed by atoms with van der Waals surface area (Å²) in [4.78, 5) is 20.0. The maximum absolute atomic E-state index is 14.6. The lowest BCUT2D eigenvalue weighted by Gasteiger charge is -2.31. The Hall–Kier alpha value is -4.06. The molecule has 11 nitrogen and oxygen atoms in total. The lowest BCUT2D eigenvalue weighted by Crippen LogP contribution is -2.41. The van der Waals surface area contributed by atoms with E-state index < -0.39 is 0 Å². The zero-order valence-electron chi connectivity index (χ0n) is 20.8. The number of benzene rings is 1. The highest BCUT2D eigenvalue weighted by Crippen LogP contribution is 2.44. The first-order valence-corrected chi connectivity index (χ1v) is 12.6. The third-order valence-corrected chi connectivity index (χ3v) is 7.70. The largest absolute Gasteiger partial charge is 0.386 e. The molecule has 2 aliphatic rings. The van der Waals surface area contributed by atoms with Crippen LogP contribution in [0, 0.1) is 11.7 Å². The molecule has 1 saturated heterocycles. The van der Waals surface area contributed by atoms with E-state index in [1.165, 1.54) is 6.07 Å². The molecule has 5 aromatic rings. The Bertz CT molecular complexity index is 1670. The van der Waals surface area contributed by atoms with Gasteiger partial charge in [-0.3, -0.25) is 0 Å². The molecule has 2 bridgehead atoms. The first-order chi connectivity index (χ1) is 17.9. The van der Waals surface area contributed by atoms with Crippen molar-refractivity contribution in [2.75, 3.05) is 29.1 Å². The first kappa shape index (κ1) is 22.2. The predicted molar refractivity (Wildman–Crippen MR) is 142 cm³/mol. The van der Waals surface area contributed by atoms with Gasteiger partial charge in [0.1, 0.15) is 22.8 Å². The monoisotopic (exact) mass is 501 g/mol. The number of H-pyrrole nitrogens is 1. The Morgan fingerprint density at radius 2 is 2.05 bits per heavy atom. The summed E-state index contributed by atoms with van der Waals surface area (Å²) in [6.07, 6.45) is 3.69. The van der Waals surface area contributed by atoms with Crippen molar-refractivity contribution < 1.29 is 4.39 Å². The third-order valence-electron chi connectivity index (χ3n) is 7.70. The standard InChI is InChI=1S/C25H28FN11/c1-11(2)37-23-19(34-35-37)7-14(9-29-23)30-25-32-22-20(16-5-13(26)6-18(28-3)21(16)31-22)24(33-25)36-10-12-4-15(36)8-17(12)27/h5-7,9,11-12,15,17,28H,4,8,10,27H2,1-3H3,(H2,30,31,32,33)/t12-,15-,17-/m1/s1. The molecule has 1 aromatic carbocycles. The van der Waals surface area contributed by atoms with E-state index in [0.717, 1.165) is 47.1 Å². The lowest BCUT2D eigenvalue weighted by atomic mass is 10.0. The van der Waals surface area contributed by atoms with Crippen molar-refractivity contribution >= 4 is 56.2 Å². The van der Waals surface area contributed by atoms with Crippen LogP contribution in [0.3, 0.4) is 0 Å². The summed E-state index contributed by atoms with van der Waals surface area (Å²) >= 11 is 0. The van der Waals surface area contributed by atoms with Crippen LogP contribution in [0.4, 0.5) is 27.5 Å². The summed E-state index contributed by atoms with van der Waals surface area (Å²) < 4.78 is 16.4. The molecule has 1 aliphatic carbocycles. The zero-order chi connectivity index (χ0) is 25.4. The molecule has 3 atom stereocenters. The minimum atomic E-state index is -0.315. The predicted octanol–water partition coefficient (Wildman–Crippen LogP) is 3.68. The molecule has 0 unspecified atom stereocenters. The summed E-state index contributed by atoms with van der Waals surface area (Å²) in [6, 6.07) is 5.58. The van der Waals surface area contributed by atoms with Crippen molar-refractivity contribution in [3.05, 3.63) is 30.2 Å². The molecule has 190 valence electrons. The number of fused-ring (bicyclic) bond motifs is 6. The number of aromatic amines is 1. The van der Waals surface area contributed by atoms with Crippen molar-refractivity contribution in [1.82, 2.24) is 34.9 Å². The Labute approximate surface area is 211 Å². The molecule has 1 saturated carbocycles. The van der Waals surface area contributed by atoms with Crippen LogP contribution in [0.2, 0.25) is 0 Å². The van der Waals surface area contributed by atoms with Gasteiger partial charge in [0.05, 0.1) is 34.5 Å². The van der Waals surface area contributed by atoms with Crippen LogP contribution < -0.4 is 21.3 Å². The molecule has 5 heterocycles. The number of nitrogens with one attached hydrogen (secondary N) is 3. The summed E-state index contributed by atoms with van der Waals surface area (Å²) in [7, 11) is 1.78. The van der Waals surface area contributed by atoms with Crippen LogP contribution in [-0.2, 0) is 0 Å². The van der Waals surface area contributed by atoms with Crippen molar-refractivity contribution in [2.45, 2.75) is 44.8 Å². The number of nitrogens with zero attached hydrogens (tertiary/aromatic N) is 7. The molecule has 37 heavy (non-hydrogen) atoms. The van der Waals surface area contributed by atoms with E-state index >= 15 is 0 Å². The van der Waals surface area contributed by atoms with E-state index in [0.29, 0.717) is 40.4 Å². The minimum Gasteiger partial charge on any atom is -0.386 e. The Kier molecular flexibility index (Phi) is 4.77. The third kappa shape index (κ3) is 3.39. The van der Waals surface area contributed by atoms with Crippen LogP contribution >= 0.6 is 0 Å². The fourth-order valence-corrected chi connectivity index (χ4v) is 5.94. The number of pyridine rings is 1. The SMILES string of the molecule is CNc1cc(F)cc2c1[nH]c1nc(Nc3cnc4c(c3)nnn4C(C)C)nc(N3C[C@H]4C[C@@H]3C[C@H]4N)c12. The summed E-state index contributed by atoms with van der Waals surface area (Å²) in [5.41, 5.74) is 10.6. The van der Waals surface area contributed by atoms with Crippen LogP contribution in [-0.4, -0.2) is 60.6 Å². The number of hydrogen-bond donors (Lipinski definition) is 4. The fraction of sp³-hybridized carbons (Fsp3) is 0.400. The second kappa shape index (κ2) is 7.97. The summed E-state index contributed by atoms with van der Waals surface area (Å²) in [6.45, 7) is 4.90. The maximum atomic E-state index is 14.6. The smallest absolute Gasteiger partial charge is 0.231 e. The van der Waals surface area contributed by atoms with E-state index in [1.807, 2.05) is 19.9 Å². The highest BCUT2D eigenvalue weighted by atomic mass is 19.1. The average Bonchev–Trinajstić information content (AvgIpc) is 3.64. The molecule has 12 heteroatoms. The fourth-order valence-electron chi connectivity index (χ4n) is 5.94. The zero-order valence-corrected chi connectivity index (χ0v) is 20.8. The van der Waals surface area contributed by atoms with E-state index in [2.05, 4.69) is 35.8 Å². The number of rotatable bonds is 5. The van der Waals surface area contributed by atoms with E-state index in [-0.39, 0.29) is 17.9 Å². The van der Waals surface area contributed by atoms with E-state index in [1.54, 1.807) is 24.0 Å². The highest BCUT2D eigenvalue weighted by molar-refractivity contribution is 6.15. The second-order valence-electron chi connectivity index (χ2n) is 10.4. The normalized spacial score (nSPS) is 21.2. The van der Waals surface area contributed by atoms with Crippen molar-refractivity contribution in [2.24, 2.45) is 11.7 Å². The van der Waals surface area contributed by atoms with Gasteiger partial charge in [-0.15, -0.1) is 5.10 Å². The molecule has 4 aromatic heterocycles. The van der Waals surface area contributed by atoms with Crippen molar-refractivity contribution in [1.29, 1.82) is 0 Å². The van der Waals surface area contributed by atoms with Crippen LogP contribution in [0.25, 0.3) is 33.1 Å². The number of nitrogens with two attached hydrogens (primary N) is 1. The number of aromatic nitrogens is 7. The van der Waals surface area contributed by atoms with Gasteiger partial charge in [-0.25, -0.2) is 14.1 Å². The topological polar surface area (TPSA) is 138 Å². The van der Waals surface area contributed by atoms with E-state index in [4.69, 9.17) is 15.7 Å². The van der Waals surface area contributed by atoms with Gasteiger partial charge in [-0.2, -0.15) is 9.97 Å². The number of halogens is 1. The maximum Gasteiger partial charge on any atom is 0.231 e. The molecule has 0 radical (unpaired) electrons. The Balaban J connectivity index is 1.37. The van der Waals surface area contributed by atoms with Crippen molar-refractivity contribution in [3.8, 4) is 0 Å². The molecule has 5 N–H and O–H groups in total. The summed E-state index contributed by atoms with van der Waals surface area (Å²) in [5, 5.41) is 16.4. The highest BCUT2D eigenvalue weighted by Gasteiger charge is 2.44.